The van der Waals surface area contributed by atoms with Crippen molar-refractivity contribution in [3.05, 3.63) is 35.7 Å². The fraction of sp³-hybridized carbons (Fsp3) is 0.429. The van der Waals surface area contributed by atoms with Crippen LogP contribution in [0.1, 0.15) is 31.7 Å². The zero-order chi connectivity index (χ0) is 10.8. The van der Waals surface area contributed by atoms with Gasteiger partial charge in [0.05, 0.1) is 0 Å². The highest BCUT2D eigenvalue weighted by atomic mass is 15.0. The Balaban J connectivity index is 2.72. The summed E-state index contributed by atoms with van der Waals surface area (Å²) >= 11 is 0. The maximum atomic E-state index is 2.38. The van der Waals surface area contributed by atoms with Crippen LogP contribution in [0.15, 0.2) is 24.3 Å². The van der Waals surface area contributed by atoms with Crippen LogP contribution >= 0.6 is 0 Å². The monoisotopic (exact) mass is 201 g/mol. The molecule has 80 valence electrons. The molecule has 0 unspecified atom stereocenters. The van der Waals surface area contributed by atoms with E-state index < -0.39 is 0 Å². The van der Waals surface area contributed by atoms with Gasteiger partial charge in [-0.2, -0.15) is 0 Å². The largest absolute Gasteiger partial charge is 0.350 e. The van der Waals surface area contributed by atoms with Crippen molar-refractivity contribution in [1.29, 1.82) is 0 Å². The molecule has 2 rings (SSSR count). The second-order valence-electron chi connectivity index (χ2n) is 4.10. The van der Waals surface area contributed by atoms with Crippen LogP contribution in [0.5, 0.6) is 0 Å². The lowest BCUT2D eigenvalue weighted by Gasteiger charge is -2.04. The molecule has 0 aliphatic heterocycles. The van der Waals surface area contributed by atoms with Crippen LogP contribution in [-0.4, -0.2) is 4.57 Å². The van der Waals surface area contributed by atoms with Crippen molar-refractivity contribution in [2.24, 2.45) is 7.05 Å². The minimum Gasteiger partial charge on any atom is -0.350 e. The Kier molecular flexibility index (Phi) is 2.81. The predicted molar refractivity (Wildman–Crippen MR) is 66.3 cm³/mol. The molecule has 0 saturated carbocycles. The molecule has 1 nitrogen and oxygen atoms in total. The summed E-state index contributed by atoms with van der Waals surface area (Å²) in [4.78, 5) is 0. The van der Waals surface area contributed by atoms with Gasteiger partial charge in [-0.15, -0.1) is 0 Å². The van der Waals surface area contributed by atoms with E-state index in [1.165, 1.54) is 35.0 Å². The van der Waals surface area contributed by atoms with Crippen LogP contribution in [0.4, 0.5) is 0 Å². The average Bonchev–Trinajstić information content (AvgIpc) is 2.53. The molecule has 0 amide bonds. The summed E-state index contributed by atoms with van der Waals surface area (Å²) in [7, 11) is 2.20. The zero-order valence-corrected chi connectivity index (χ0v) is 9.88. The molecular weight excluding hydrogens is 182 g/mol. The fourth-order valence-corrected chi connectivity index (χ4v) is 2.48. The first-order chi connectivity index (χ1) is 7.29. The summed E-state index contributed by atoms with van der Waals surface area (Å²) in [5, 5.41) is 2.88. The molecule has 0 aliphatic rings. The van der Waals surface area contributed by atoms with Gasteiger partial charge in [0.1, 0.15) is 0 Å². The summed E-state index contributed by atoms with van der Waals surface area (Å²) in [6, 6.07) is 8.77. The van der Waals surface area contributed by atoms with E-state index in [9.17, 15) is 0 Å². The van der Waals surface area contributed by atoms with Gasteiger partial charge in [-0.1, -0.05) is 44.5 Å². The summed E-state index contributed by atoms with van der Waals surface area (Å²) < 4.78 is 2.38. The highest BCUT2D eigenvalue weighted by Crippen LogP contribution is 2.26. The van der Waals surface area contributed by atoms with Crippen LogP contribution in [0.25, 0.3) is 10.8 Å². The van der Waals surface area contributed by atoms with E-state index in [1.807, 2.05) is 0 Å². The summed E-state index contributed by atoms with van der Waals surface area (Å²) in [6.45, 7) is 4.48. The van der Waals surface area contributed by atoms with E-state index >= 15 is 0 Å². The maximum absolute atomic E-state index is 2.38. The third-order valence-corrected chi connectivity index (χ3v) is 3.18. The van der Waals surface area contributed by atoms with E-state index in [1.54, 1.807) is 0 Å². The van der Waals surface area contributed by atoms with Crippen molar-refractivity contribution < 1.29 is 0 Å². The van der Waals surface area contributed by atoms with Gasteiger partial charge >= 0.3 is 0 Å². The molecule has 0 bridgehead atoms. The minimum atomic E-state index is 1.11. The molecule has 0 radical (unpaired) electrons. The Morgan fingerprint density at radius 3 is 2.13 bits per heavy atom. The number of fused-ring (bicyclic) bond motifs is 1. The number of hydrogen-bond acceptors (Lipinski definition) is 0. The molecule has 0 spiro atoms. The Morgan fingerprint density at radius 2 is 1.60 bits per heavy atom. The molecular formula is C14H19N. The van der Waals surface area contributed by atoms with Gasteiger partial charge in [0, 0.05) is 29.2 Å². The van der Waals surface area contributed by atoms with Crippen molar-refractivity contribution >= 4 is 10.8 Å². The molecule has 0 fully saturated rings. The van der Waals surface area contributed by atoms with Gasteiger partial charge in [-0.05, 0) is 12.8 Å². The molecule has 1 heteroatoms. The molecule has 0 saturated heterocycles. The van der Waals surface area contributed by atoms with E-state index in [2.05, 4.69) is 49.7 Å². The Morgan fingerprint density at radius 1 is 1.00 bits per heavy atom. The number of hydrogen-bond donors (Lipinski definition) is 0. The van der Waals surface area contributed by atoms with E-state index in [0.29, 0.717) is 0 Å². The smallest absolute Gasteiger partial charge is 0.0253 e. The van der Waals surface area contributed by atoms with Gasteiger partial charge in [0.15, 0.2) is 0 Å². The number of aromatic nitrogens is 1. The topological polar surface area (TPSA) is 4.93 Å². The summed E-state index contributed by atoms with van der Waals surface area (Å²) in [5.41, 5.74) is 2.96. The Bertz CT molecular complexity index is 465. The third kappa shape index (κ3) is 1.56. The van der Waals surface area contributed by atoms with Crippen molar-refractivity contribution in [2.75, 3.05) is 0 Å². The quantitative estimate of drug-likeness (QED) is 0.713. The molecule has 2 aromatic rings. The predicted octanol–water partition coefficient (Wildman–Crippen LogP) is 3.69. The molecule has 0 atom stereocenters. The second-order valence-corrected chi connectivity index (χ2v) is 4.10. The van der Waals surface area contributed by atoms with Crippen LogP contribution in [0, 0.1) is 0 Å². The van der Waals surface area contributed by atoms with Crippen molar-refractivity contribution in [2.45, 2.75) is 33.1 Å². The lowest BCUT2D eigenvalue weighted by Crippen LogP contribution is -1.99. The van der Waals surface area contributed by atoms with Gasteiger partial charge in [0.25, 0.3) is 0 Å². The molecule has 0 N–H and O–H groups in total. The van der Waals surface area contributed by atoms with Crippen molar-refractivity contribution in [3.63, 3.8) is 0 Å². The molecule has 1 heterocycles. The third-order valence-electron chi connectivity index (χ3n) is 3.18. The maximum Gasteiger partial charge on any atom is 0.0253 e. The Hall–Kier alpha value is -1.24. The first-order valence-corrected chi connectivity index (χ1v) is 5.84. The lowest BCUT2D eigenvalue weighted by molar-refractivity contribution is 0.756. The molecule has 0 aliphatic carbocycles. The zero-order valence-electron chi connectivity index (χ0n) is 9.88. The number of rotatable bonds is 3. The number of nitrogens with zero attached hydrogens (tertiary/aromatic N) is 1. The van der Waals surface area contributed by atoms with Gasteiger partial charge in [-0.25, -0.2) is 0 Å². The van der Waals surface area contributed by atoms with Crippen LogP contribution in [-0.2, 0) is 19.9 Å². The highest BCUT2D eigenvalue weighted by Gasteiger charge is 2.11. The summed E-state index contributed by atoms with van der Waals surface area (Å²) in [5.74, 6) is 0. The minimum absolute atomic E-state index is 1.11. The SMILES string of the molecule is CCCc1c2ccccc2c(CC)n1C. The van der Waals surface area contributed by atoms with E-state index in [-0.39, 0.29) is 0 Å². The normalized spacial score (nSPS) is 11.1. The molecule has 15 heavy (non-hydrogen) atoms. The number of benzene rings is 1. The van der Waals surface area contributed by atoms with Gasteiger partial charge < -0.3 is 4.57 Å². The molecule has 1 aromatic carbocycles. The van der Waals surface area contributed by atoms with Crippen LogP contribution < -0.4 is 0 Å². The average molecular weight is 201 g/mol. The van der Waals surface area contributed by atoms with E-state index in [0.717, 1.165) is 6.42 Å². The standard InChI is InChI=1S/C14H19N/c1-4-8-14-12-10-7-6-9-11(12)13(5-2)15(14)3/h6-7,9-10H,4-5,8H2,1-3H3. The number of aryl methyl sites for hydroxylation is 2. The van der Waals surface area contributed by atoms with Crippen LogP contribution in [0.2, 0.25) is 0 Å². The summed E-state index contributed by atoms with van der Waals surface area (Å²) in [6.07, 6.45) is 3.50. The first kappa shape index (κ1) is 10.3. The lowest BCUT2D eigenvalue weighted by atomic mass is 10.1. The van der Waals surface area contributed by atoms with Crippen molar-refractivity contribution in [3.8, 4) is 0 Å². The van der Waals surface area contributed by atoms with E-state index in [4.69, 9.17) is 0 Å². The Labute approximate surface area is 91.7 Å². The van der Waals surface area contributed by atoms with Gasteiger partial charge in [-0.3, -0.25) is 0 Å². The van der Waals surface area contributed by atoms with Crippen molar-refractivity contribution in [1.82, 2.24) is 4.57 Å². The van der Waals surface area contributed by atoms with Gasteiger partial charge in [0.2, 0.25) is 0 Å². The highest BCUT2D eigenvalue weighted by molar-refractivity contribution is 5.88. The first-order valence-electron chi connectivity index (χ1n) is 5.84. The van der Waals surface area contributed by atoms with Crippen LogP contribution in [0.3, 0.4) is 0 Å². The molecule has 1 aromatic heterocycles. The second kappa shape index (κ2) is 4.09. The fourth-order valence-electron chi connectivity index (χ4n) is 2.48.